The highest BCUT2D eigenvalue weighted by Gasteiger charge is 2.08. The van der Waals surface area contributed by atoms with Crippen LogP contribution in [0.3, 0.4) is 0 Å². The van der Waals surface area contributed by atoms with Gasteiger partial charge in [0.1, 0.15) is 0 Å². The van der Waals surface area contributed by atoms with Crippen molar-refractivity contribution in [3.05, 3.63) is 29.8 Å². The van der Waals surface area contributed by atoms with Gasteiger partial charge in [-0.15, -0.1) is 0 Å². The maximum atomic E-state index is 11.2. The Morgan fingerprint density at radius 3 is 2.50 bits per heavy atom. The van der Waals surface area contributed by atoms with E-state index in [1.807, 2.05) is 12.1 Å². The minimum atomic E-state index is -0.0314. The number of benzene rings is 1. The number of rotatable bonds is 5. The molecule has 0 aromatic heterocycles. The summed E-state index contributed by atoms with van der Waals surface area (Å²) in [5, 5.41) is 11.7. The summed E-state index contributed by atoms with van der Waals surface area (Å²) in [5.74, 6) is 0.110. The Kier molecular flexibility index (Phi) is 5.13. The first-order chi connectivity index (χ1) is 8.62. The molecule has 1 rings (SSSR count). The molecule has 0 amide bonds. The van der Waals surface area contributed by atoms with Gasteiger partial charge in [-0.05, 0) is 29.4 Å². The molecule has 0 saturated carbocycles. The van der Waals surface area contributed by atoms with Crippen LogP contribution in [-0.2, 0) is 9.53 Å². The third kappa shape index (κ3) is 3.46. The highest BCUT2D eigenvalue weighted by molar-refractivity contribution is 5.94. The standard InChI is InChI=1S/C12H17N3O3/c1-15(8-11(16)7-13)10-5-3-9(4-6-10)12(14-17)18-2/h3-6,17H,7-8,13H2,1-2H3/b14-12-. The SMILES string of the molecule is CO/C(=N\O)c1ccc(N(C)CC(=O)CN)cc1. The smallest absolute Gasteiger partial charge is 0.257 e. The molecule has 0 heterocycles. The average Bonchev–Trinajstić information content (AvgIpc) is 2.40. The second kappa shape index (κ2) is 6.61. The summed E-state index contributed by atoms with van der Waals surface area (Å²) >= 11 is 0. The lowest BCUT2D eigenvalue weighted by atomic mass is 10.2. The number of anilines is 1. The van der Waals surface area contributed by atoms with Gasteiger partial charge in [0, 0.05) is 18.3 Å². The number of carbonyl (C=O) groups is 1. The zero-order valence-corrected chi connectivity index (χ0v) is 10.5. The maximum absolute atomic E-state index is 11.2. The van der Waals surface area contributed by atoms with Gasteiger partial charge in [0.2, 0.25) is 0 Å². The summed E-state index contributed by atoms with van der Waals surface area (Å²) < 4.78 is 4.88. The quantitative estimate of drug-likeness (QED) is 0.343. The van der Waals surface area contributed by atoms with Crippen molar-refractivity contribution in [3.63, 3.8) is 0 Å². The third-order valence-electron chi connectivity index (χ3n) is 2.48. The van der Waals surface area contributed by atoms with Crippen molar-refractivity contribution in [2.24, 2.45) is 10.9 Å². The number of hydrogen-bond donors (Lipinski definition) is 2. The molecule has 6 heteroatoms. The number of oxime groups is 1. The molecule has 0 spiro atoms. The number of ketones is 1. The molecule has 0 aliphatic carbocycles. The number of Topliss-reactive ketones (excluding diaryl/α,β-unsaturated/α-hetero) is 1. The van der Waals surface area contributed by atoms with Crippen molar-refractivity contribution >= 4 is 17.4 Å². The lowest BCUT2D eigenvalue weighted by Crippen LogP contribution is -2.30. The molecule has 0 bridgehead atoms. The van der Waals surface area contributed by atoms with Gasteiger partial charge in [0.05, 0.1) is 20.2 Å². The first-order valence-electron chi connectivity index (χ1n) is 5.41. The monoisotopic (exact) mass is 251 g/mol. The van der Waals surface area contributed by atoms with E-state index in [2.05, 4.69) is 5.16 Å². The van der Waals surface area contributed by atoms with Gasteiger partial charge in [-0.2, -0.15) is 0 Å². The van der Waals surface area contributed by atoms with Crippen molar-refractivity contribution in [2.45, 2.75) is 0 Å². The van der Waals surface area contributed by atoms with Gasteiger partial charge in [-0.3, -0.25) is 4.79 Å². The molecule has 0 saturated heterocycles. The van der Waals surface area contributed by atoms with Gasteiger partial charge in [-0.25, -0.2) is 0 Å². The van der Waals surface area contributed by atoms with E-state index < -0.39 is 0 Å². The lowest BCUT2D eigenvalue weighted by molar-refractivity contribution is -0.116. The van der Waals surface area contributed by atoms with Crippen LogP contribution in [-0.4, -0.2) is 44.1 Å². The van der Waals surface area contributed by atoms with Crippen LogP contribution in [0.5, 0.6) is 0 Å². The Morgan fingerprint density at radius 2 is 2.06 bits per heavy atom. The number of nitrogens with zero attached hydrogens (tertiary/aromatic N) is 2. The van der Waals surface area contributed by atoms with Crippen molar-refractivity contribution in [1.29, 1.82) is 0 Å². The summed E-state index contributed by atoms with van der Waals surface area (Å²) in [6.45, 7) is 0.300. The van der Waals surface area contributed by atoms with E-state index in [-0.39, 0.29) is 24.8 Å². The minimum absolute atomic E-state index is 0.0314. The molecule has 0 atom stereocenters. The molecule has 0 radical (unpaired) electrons. The summed E-state index contributed by atoms with van der Waals surface area (Å²) in [4.78, 5) is 13.0. The van der Waals surface area contributed by atoms with E-state index in [0.29, 0.717) is 5.56 Å². The van der Waals surface area contributed by atoms with Crippen LogP contribution in [0.2, 0.25) is 0 Å². The molecule has 1 aromatic carbocycles. The van der Waals surface area contributed by atoms with Crippen molar-refractivity contribution in [3.8, 4) is 0 Å². The zero-order valence-electron chi connectivity index (χ0n) is 10.5. The molecule has 3 N–H and O–H groups in total. The Hall–Kier alpha value is -2.08. The number of methoxy groups -OCH3 is 1. The van der Waals surface area contributed by atoms with Crippen LogP contribution in [0.15, 0.2) is 29.4 Å². The molecule has 0 aliphatic rings. The number of hydrogen-bond acceptors (Lipinski definition) is 6. The maximum Gasteiger partial charge on any atom is 0.257 e. The second-order valence-electron chi connectivity index (χ2n) is 3.76. The predicted octanol–water partition coefficient (Wildman–Crippen LogP) is 0.433. The van der Waals surface area contributed by atoms with E-state index in [1.54, 1.807) is 24.1 Å². The average molecular weight is 251 g/mol. The first-order valence-corrected chi connectivity index (χ1v) is 5.41. The number of nitrogens with two attached hydrogens (primary N) is 1. The molecule has 1 aromatic rings. The minimum Gasteiger partial charge on any atom is -0.479 e. The van der Waals surface area contributed by atoms with Gasteiger partial charge in [0.25, 0.3) is 5.90 Å². The topological polar surface area (TPSA) is 88.2 Å². The Morgan fingerprint density at radius 1 is 1.44 bits per heavy atom. The largest absolute Gasteiger partial charge is 0.479 e. The zero-order chi connectivity index (χ0) is 13.5. The summed E-state index contributed by atoms with van der Waals surface area (Å²) in [7, 11) is 3.23. The second-order valence-corrected chi connectivity index (χ2v) is 3.76. The van der Waals surface area contributed by atoms with Crippen LogP contribution in [0.1, 0.15) is 5.56 Å². The van der Waals surface area contributed by atoms with E-state index in [4.69, 9.17) is 15.7 Å². The molecular weight excluding hydrogens is 234 g/mol. The lowest BCUT2D eigenvalue weighted by Gasteiger charge is -2.18. The van der Waals surface area contributed by atoms with Crippen LogP contribution in [0.4, 0.5) is 5.69 Å². The molecule has 0 unspecified atom stereocenters. The van der Waals surface area contributed by atoms with Crippen LogP contribution < -0.4 is 10.6 Å². The summed E-state index contributed by atoms with van der Waals surface area (Å²) in [6.07, 6.45) is 0. The summed E-state index contributed by atoms with van der Waals surface area (Å²) in [5.41, 5.74) is 6.79. The Bertz CT molecular complexity index is 429. The fourth-order valence-electron chi connectivity index (χ4n) is 1.50. The molecule has 6 nitrogen and oxygen atoms in total. The fraction of sp³-hybridized carbons (Fsp3) is 0.333. The van der Waals surface area contributed by atoms with Crippen molar-refractivity contribution in [2.75, 3.05) is 32.1 Å². The van der Waals surface area contributed by atoms with E-state index in [1.165, 1.54) is 7.11 Å². The number of likely N-dealkylation sites (N-methyl/N-ethyl adjacent to an activating group) is 1. The Balaban J connectivity index is 2.79. The molecular formula is C12H17N3O3. The number of ether oxygens (including phenoxy) is 1. The van der Waals surface area contributed by atoms with Gasteiger partial charge < -0.3 is 20.6 Å². The molecule has 98 valence electrons. The molecule has 0 fully saturated rings. The van der Waals surface area contributed by atoms with E-state index >= 15 is 0 Å². The fourth-order valence-corrected chi connectivity index (χ4v) is 1.50. The Labute approximate surface area is 106 Å². The highest BCUT2D eigenvalue weighted by atomic mass is 16.5. The highest BCUT2D eigenvalue weighted by Crippen LogP contribution is 2.14. The van der Waals surface area contributed by atoms with Crippen LogP contribution in [0.25, 0.3) is 0 Å². The van der Waals surface area contributed by atoms with E-state index in [0.717, 1.165) is 5.69 Å². The number of carbonyl (C=O) groups excluding carboxylic acids is 1. The predicted molar refractivity (Wildman–Crippen MR) is 69.1 cm³/mol. The van der Waals surface area contributed by atoms with Gasteiger partial charge >= 0.3 is 0 Å². The third-order valence-corrected chi connectivity index (χ3v) is 2.48. The van der Waals surface area contributed by atoms with Crippen LogP contribution in [0, 0.1) is 0 Å². The van der Waals surface area contributed by atoms with Crippen molar-refractivity contribution < 1.29 is 14.7 Å². The molecule has 0 aliphatic heterocycles. The molecule has 18 heavy (non-hydrogen) atoms. The normalized spacial score (nSPS) is 11.2. The van der Waals surface area contributed by atoms with Gasteiger partial charge in [-0.1, -0.05) is 0 Å². The summed E-state index contributed by atoms with van der Waals surface area (Å²) in [6, 6.07) is 7.11. The van der Waals surface area contributed by atoms with Crippen molar-refractivity contribution in [1.82, 2.24) is 0 Å². The van der Waals surface area contributed by atoms with Crippen LogP contribution >= 0.6 is 0 Å². The van der Waals surface area contributed by atoms with E-state index in [9.17, 15) is 4.79 Å². The first kappa shape index (κ1) is 14.0. The van der Waals surface area contributed by atoms with Gasteiger partial charge in [0.15, 0.2) is 5.78 Å².